The molecule has 182 valence electrons. The number of H-pyrrole nitrogens is 1. The first kappa shape index (κ1) is 23.1. The van der Waals surface area contributed by atoms with Gasteiger partial charge in [0.15, 0.2) is 0 Å². The number of rotatable bonds is 7. The monoisotopic (exact) mass is 474 g/mol. The summed E-state index contributed by atoms with van der Waals surface area (Å²) in [6, 6.07) is 16.7. The normalized spacial score (nSPS) is 14.5. The minimum absolute atomic E-state index is 0.0998. The number of aryl methyl sites for hydroxylation is 1. The van der Waals surface area contributed by atoms with Crippen LogP contribution in [0.2, 0.25) is 0 Å². The molecule has 0 amide bonds. The fourth-order valence-electron chi connectivity index (χ4n) is 4.90. The summed E-state index contributed by atoms with van der Waals surface area (Å²) >= 11 is 0. The largest absolute Gasteiger partial charge is 0.342 e. The fourth-order valence-corrected chi connectivity index (χ4v) is 4.90. The lowest BCUT2D eigenvalue weighted by atomic mass is 10.0. The van der Waals surface area contributed by atoms with Crippen LogP contribution in [-0.4, -0.2) is 45.7 Å². The van der Waals surface area contributed by atoms with Gasteiger partial charge in [-0.05, 0) is 49.1 Å². The first-order valence-electron chi connectivity index (χ1n) is 12.3. The molecule has 35 heavy (non-hydrogen) atoms. The Morgan fingerprint density at radius 1 is 1.09 bits per heavy atom. The molecule has 0 aliphatic carbocycles. The Morgan fingerprint density at radius 2 is 1.83 bits per heavy atom. The van der Waals surface area contributed by atoms with Gasteiger partial charge in [-0.2, -0.15) is 0 Å². The van der Waals surface area contributed by atoms with Crippen molar-refractivity contribution in [1.29, 1.82) is 0 Å². The molecular weight excluding hydrogens is 443 g/mol. The second-order valence-corrected chi connectivity index (χ2v) is 9.25. The molecule has 1 fully saturated rings. The number of hydrogen-bond acceptors (Lipinski definition) is 5. The van der Waals surface area contributed by atoms with Crippen LogP contribution in [0.3, 0.4) is 0 Å². The molecule has 8 heteroatoms. The Morgan fingerprint density at radius 3 is 2.57 bits per heavy atom. The van der Waals surface area contributed by atoms with Crippen LogP contribution in [0.1, 0.15) is 37.4 Å². The van der Waals surface area contributed by atoms with Crippen molar-refractivity contribution < 1.29 is 4.39 Å². The molecule has 0 radical (unpaired) electrons. The molecule has 2 aromatic heterocycles. The van der Waals surface area contributed by atoms with Crippen molar-refractivity contribution in [1.82, 2.24) is 19.5 Å². The van der Waals surface area contributed by atoms with Crippen molar-refractivity contribution in [3.8, 4) is 0 Å². The fraction of sp³-hybridized carbons (Fsp3) is 0.370. The van der Waals surface area contributed by atoms with Crippen LogP contribution in [0.15, 0.2) is 59.4 Å². The van der Waals surface area contributed by atoms with E-state index in [2.05, 4.69) is 37.3 Å². The van der Waals surface area contributed by atoms with E-state index in [1.807, 2.05) is 37.4 Å². The highest BCUT2D eigenvalue weighted by Gasteiger charge is 2.27. The number of hydrogen-bond donors (Lipinski definition) is 1. The van der Waals surface area contributed by atoms with Crippen molar-refractivity contribution >= 4 is 22.9 Å². The topological polar surface area (TPSA) is 70.1 Å². The number of anilines is 2. The number of nitrogens with one attached hydrogen (secondary N) is 1. The molecule has 1 N–H and O–H groups in total. The second-order valence-electron chi connectivity index (χ2n) is 9.25. The number of aromatic amines is 1. The molecule has 0 saturated carbocycles. The van der Waals surface area contributed by atoms with Crippen molar-refractivity contribution in [2.45, 2.75) is 45.2 Å². The average Bonchev–Trinajstić information content (AvgIpc) is 3.23. The number of para-hydroxylation sites is 2. The molecule has 0 atom stereocenters. The average molecular weight is 475 g/mol. The van der Waals surface area contributed by atoms with Gasteiger partial charge >= 0.3 is 0 Å². The maximum Gasteiger partial charge on any atom is 0.252 e. The van der Waals surface area contributed by atoms with Gasteiger partial charge in [-0.15, -0.1) is 0 Å². The summed E-state index contributed by atoms with van der Waals surface area (Å²) in [4.78, 5) is 29.1. The summed E-state index contributed by atoms with van der Waals surface area (Å²) in [5, 5.41) is 0. The number of piperidine rings is 1. The first-order chi connectivity index (χ1) is 17.0. The molecule has 5 rings (SSSR count). The zero-order chi connectivity index (χ0) is 24.4. The van der Waals surface area contributed by atoms with Gasteiger partial charge in [-0.1, -0.05) is 37.6 Å². The summed E-state index contributed by atoms with van der Waals surface area (Å²) < 4.78 is 15.7. The maximum absolute atomic E-state index is 13.4. The van der Waals surface area contributed by atoms with E-state index in [1.54, 1.807) is 6.07 Å². The maximum atomic E-state index is 13.4. The lowest BCUT2D eigenvalue weighted by Gasteiger charge is -2.37. The van der Waals surface area contributed by atoms with Gasteiger partial charge in [-0.25, -0.2) is 14.4 Å². The van der Waals surface area contributed by atoms with Crippen LogP contribution in [0.5, 0.6) is 0 Å². The number of aromatic nitrogens is 4. The van der Waals surface area contributed by atoms with Crippen molar-refractivity contribution in [3.63, 3.8) is 0 Å². The van der Waals surface area contributed by atoms with E-state index in [9.17, 15) is 9.18 Å². The smallest absolute Gasteiger partial charge is 0.252 e. The molecule has 7 nitrogen and oxygen atoms in total. The Labute approximate surface area is 204 Å². The van der Waals surface area contributed by atoms with Gasteiger partial charge in [-0.3, -0.25) is 9.78 Å². The quantitative estimate of drug-likeness (QED) is 0.431. The molecule has 1 aliphatic heterocycles. The van der Waals surface area contributed by atoms with Gasteiger partial charge in [0, 0.05) is 37.9 Å². The third kappa shape index (κ3) is 4.92. The molecule has 2 aromatic carbocycles. The second kappa shape index (κ2) is 9.90. The number of benzene rings is 2. The molecule has 0 spiro atoms. The van der Waals surface area contributed by atoms with Gasteiger partial charge in [0.2, 0.25) is 11.9 Å². The Kier molecular flexibility index (Phi) is 6.53. The highest BCUT2D eigenvalue weighted by atomic mass is 19.1. The van der Waals surface area contributed by atoms with Gasteiger partial charge in [0.1, 0.15) is 5.82 Å². The zero-order valence-corrected chi connectivity index (χ0v) is 20.2. The van der Waals surface area contributed by atoms with Crippen LogP contribution in [0, 0.1) is 5.82 Å². The third-order valence-corrected chi connectivity index (χ3v) is 6.81. The Balaban J connectivity index is 1.35. The minimum Gasteiger partial charge on any atom is -0.342 e. The van der Waals surface area contributed by atoms with E-state index in [0.29, 0.717) is 12.5 Å². The summed E-state index contributed by atoms with van der Waals surface area (Å²) in [6.45, 7) is 4.41. The highest BCUT2D eigenvalue weighted by Crippen LogP contribution is 2.28. The number of fused-ring (bicyclic) bond motifs is 1. The summed E-state index contributed by atoms with van der Waals surface area (Å²) in [6.07, 6.45) is 3.61. The number of halogens is 1. The van der Waals surface area contributed by atoms with Crippen molar-refractivity contribution in [2.75, 3.05) is 29.9 Å². The first-order valence-corrected chi connectivity index (χ1v) is 12.3. The van der Waals surface area contributed by atoms with Crippen LogP contribution in [0.25, 0.3) is 11.0 Å². The molecule has 0 bridgehead atoms. The summed E-state index contributed by atoms with van der Waals surface area (Å²) in [7, 11) is 2.01. The predicted molar refractivity (Wildman–Crippen MR) is 138 cm³/mol. The summed E-state index contributed by atoms with van der Waals surface area (Å²) in [5.74, 6) is 1.35. The highest BCUT2D eigenvalue weighted by molar-refractivity contribution is 5.79. The summed E-state index contributed by atoms with van der Waals surface area (Å²) in [5.41, 5.74) is 3.80. The van der Waals surface area contributed by atoms with Crippen molar-refractivity contribution in [2.24, 2.45) is 0 Å². The lowest BCUT2D eigenvalue weighted by Crippen LogP contribution is -2.45. The van der Waals surface area contributed by atoms with E-state index in [4.69, 9.17) is 4.98 Å². The SMILES string of the molecule is CCCc1cc(=O)[nH]c(N(C)C2CCN(c3nc4ccccc4n3Cc3ccc(F)cc3)CC2)n1. The van der Waals surface area contributed by atoms with Gasteiger partial charge < -0.3 is 14.4 Å². The number of imidazole rings is 1. The van der Waals surface area contributed by atoms with Crippen LogP contribution in [0.4, 0.5) is 16.3 Å². The molecular formula is C27H31FN6O. The minimum atomic E-state index is -0.230. The third-order valence-electron chi connectivity index (χ3n) is 6.81. The van der Waals surface area contributed by atoms with E-state index in [1.165, 1.54) is 12.1 Å². The predicted octanol–water partition coefficient (Wildman–Crippen LogP) is 4.36. The molecule has 1 aliphatic rings. The van der Waals surface area contributed by atoms with E-state index in [0.717, 1.165) is 67.0 Å². The molecule has 3 heterocycles. The zero-order valence-electron chi connectivity index (χ0n) is 20.2. The number of nitrogens with zero attached hydrogens (tertiary/aromatic N) is 5. The lowest BCUT2D eigenvalue weighted by molar-refractivity contribution is 0.469. The molecule has 4 aromatic rings. The van der Waals surface area contributed by atoms with Crippen LogP contribution in [-0.2, 0) is 13.0 Å². The van der Waals surface area contributed by atoms with Crippen LogP contribution >= 0.6 is 0 Å². The Hall–Kier alpha value is -3.68. The molecule has 1 saturated heterocycles. The molecule has 0 unspecified atom stereocenters. The standard InChI is InChI=1S/C27H31FN6O/c1-3-6-21-17-25(35)31-26(29-21)32(2)22-13-15-33(16-14-22)27-30-23-7-4-5-8-24(23)34(27)18-19-9-11-20(28)12-10-19/h4-5,7-12,17,22H,3,6,13-16,18H2,1-2H3,(H,29,31,35). The van der Waals surface area contributed by atoms with E-state index in [-0.39, 0.29) is 17.4 Å². The van der Waals surface area contributed by atoms with E-state index < -0.39 is 0 Å². The van der Waals surface area contributed by atoms with Gasteiger partial charge in [0.05, 0.1) is 17.6 Å². The van der Waals surface area contributed by atoms with Crippen molar-refractivity contribution in [3.05, 3.63) is 82.0 Å². The Bertz CT molecular complexity index is 1350. The van der Waals surface area contributed by atoms with Gasteiger partial charge in [0.25, 0.3) is 5.56 Å². The van der Waals surface area contributed by atoms with Crippen LogP contribution < -0.4 is 15.4 Å². The van der Waals surface area contributed by atoms with E-state index >= 15 is 0 Å².